The van der Waals surface area contributed by atoms with Gasteiger partial charge in [-0.1, -0.05) is 17.7 Å². The van der Waals surface area contributed by atoms with E-state index in [-0.39, 0.29) is 5.91 Å². The van der Waals surface area contributed by atoms with Gasteiger partial charge < -0.3 is 10.1 Å². The van der Waals surface area contributed by atoms with Gasteiger partial charge in [-0.15, -0.1) is 0 Å². The first kappa shape index (κ1) is 13.4. The van der Waals surface area contributed by atoms with E-state index in [0.717, 1.165) is 5.75 Å². The Balaban J connectivity index is 2.10. The quantitative estimate of drug-likeness (QED) is 0.871. The van der Waals surface area contributed by atoms with Gasteiger partial charge in [0.05, 0.1) is 12.2 Å². The van der Waals surface area contributed by atoms with Crippen molar-refractivity contribution in [3.05, 3.63) is 53.3 Å². The van der Waals surface area contributed by atoms with Crippen LogP contribution in [-0.2, 0) is 0 Å². The van der Waals surface area contributed by atoms with Crippen molar-refractivity contribution in [2.24, 2.45) is 0 Å². The second-order valence-electron chi connectivity index (χ2n) is 3.78. The molecule has 4 nitrogen and oxygen atoms in total. The molecule has 0 bridgehead atoms. The zero-order valence-corrected chi connectivity index (χ0v) is 11.1. The first-order valence-electron chi connectivity index (χ1n) is 5.85. The zero-order valence-electron chi connectivity index (χ0n) is 10.4. The second kappa shape index (κ2) is 6.20. The normalized spacial score (nSPS) is 10.0. The van der Waals surface area contributed by atoms with E-state index < -0.39 is 0 Å². The van der Waals surface area contributed by atoms with Crippen molar-refractivity contribution in [1.29, 1.82) is 0 Å². The number of carbonyl (C=O) groups excluding carboxylic acids is 1. The molecule has 2 rings (SSSR count). The molecule has 0 aliphatic rings. The lowest BCUT2D eigenvalue weighted by atomic mass is 10.2. The summed E-state index contributed by atoms with van der Waals surface area (Å²) in [4.78, 5) is 15.8. The van der Waals surface area contributed by atoms with Crippen LogP contribution in [0.3, 0.4) is 0 Å². The van der Waals surface area contributed by atoms with E-state index in [0.29, 0.717) is 23.0 Å². The fourth-order valence-electron chi connectivity index (χ4n) is 1.54. The van der Waals surface area contributed by atoms with Crippen molar-refractivity contribution in [2.75, 3.05) is 11.9 Å². The number of carbonyl (C=O) groups is 1. The number of amides is 1. The maximum absolute atomic E-state index is 12.0. The molecule has 1 N–H and O–H groups in total. The molecule has 0 aliphatic heterocycles. The highest BCUT2D eigenvalue weighted by molar-refractivity contribution is 6.29. The second-order valence-corrected chi connectivity index (χ2v) is 4.17. The monoisotopic (exact) mass is 276 g/mol. The Morgan fingerprint density at radius 3 is 2.89 bits per heavy atom. The van der Waals surface area contributed by atoms with Crippen LogP contribution < -0.4 is 10.1 Å². The molecule has 0 radical (unpaired) electrons. The van der Waals surface area contributed by atoms with E-state index in [2.05, 4.69) is 10.3 Å². The molecule has 0 aliphatic carbocycles. The van der Waals surface area contributed by atoms with Crippen LogP contribution in [0.2, 0.25) is 5.15 Å². The Kier molecular flexibility index (Phi) is 4.36. The van der Waals surface area contributed by atoms with Crippen LogP contribution in [0.4, 0.5) is 5.69 Å². The van der Waals surface area contributed by atoms with Crippen LogP contribution in [0.15, 0.2) is 42.6 Å². The average Bonchev–Trinajstić information content (AvgIpc) is 2.40. The van der Waals surface area contributed by atoms with Crippen molar-refractivity contribution in [2.45, 2.75) is 6.92 Å². The van der Waals surface area contributed by atoms with E-state index >= 15 is 0 Å². The molecule has 1 aromatic carbocycles. The number of aromatic nitrogens is 1. The smallest absolute Gasteiger partial charge is 0.257 e. The molecule has 98 valence electrons. The Bertz CT molecular complexity index is 570. The molecule has 0 atom stereocenters. The lowest BCUT2D eigenvalue weighted by Crippen LogP contribution is -2.12. The van der Waals surface area contributed by atoms with Crippen molar-refractivity contribution in [1.82, 2.24) is 4.98 Å². The fourth-order valence-corrected chi connectivity index (χ4v) is 1.66. The van der Waals surface area contributed by atoms with Gasteiger partial charge in [-0.2, -0.15) is 0 Å². The number of nitrogens with zero attached hydrogens (tertiary/aromatic N) is 1. The maximum Gasteiger partial charge on any atom is 0.257 e. The van der Waals surface area contributed by atoms with Crippen molar-refractivity contribution < 1.29 is 9.53 Å². The maximum atomic E-state index is 12.0. The summed E-state index contributed by atoms with van der Waals surface area (Å²) in [5.74, 6) is 0.479. The van der Waals surface area contributed by atoms with E-state index in [1.165, 1.54) is 6.20 Å². The van der Waals surface area contributed by atoms with Gasteiger partial charge in [-0.05, 0) is 31.2 Å². The minimum atomic E-state index is -0.238. The minimum Gasteiger partial charge on any atom is -0.494 e. The third kappa shape index (κ3) is 3.69. The number of nitrogens with one attached hydrogen (secondary N) is 1. The Labute approximate surface area is 116 Å². The summed E-state index contributed by atoms with van der Waals surface area (Å²) >= 11 is 5.67. The Morgan fingerprint density at radius 1 is 1.37 bits per heavy atom. The van der Waals surface area contributed by atoms with Crippen LogP contribution >= 0.6 is 11.6 Å². The standard InChI is InChI=1S/C14H13ClN2O2/c1-2-19-12-5-3-4-11(8-12)17-14(18)10-6-7-13(15)16-9-10/h3-9H,2H2,1H3,(H,17,18). The number of halogens is 1. The molecule has 5 heteroatoms. The number of hydrogen-bond acceptors (Lipinski definition) is 3. The van der Waals surface area contributed by atoms with E-state index in [1.807, 2.05) is 19.1 Å². The van der Waals surface area contributed by atoms with Crippen LogP contribution in [0.1, 0.15) is 17.3 Å². The number of hydrogen-bond donors (Lipinski definition) is 1. The van der Waals surface area contributed by atoms with Gasteiger partial charge in [0.1, 0.15) is 10.9 Å². The number of pyridine rings is 1. The van der Waals surface area contributed by atoms with Crippen LogP contribution in [-0.4, -0.2) is 17.5 Å². The van der Waals surface area contributed by atoms with Gasteiger partial charge in [0.15, 0.2) is 0 Å². The highest BCUT2D eigenvalue weighted by atomic mass is 35.5. The highest BCUT2D eigenvalue weighted by Gasteiger charge is 2.07. The van der Waals surface area contributed by atoms with Crippen LogP contribution in [0, 0.1) is 0 Å². The average molecular weight is 277 g/mol. The summed E-state index contributed by atoms with van der Waals surface area (Å²) in [6.07, 6.45) is 1.43. The van der Waals surface area contributed by atoms with E-state index in [1.54, 1.807) is 24.3 Å². The van der Waals surface area contributed by atoms with Gasteiger partial charge in [0.2, 0.25) is 0 Å². The molecule has 0 saturated heterocycles. The summed E-state index contributed by atoms with van der Waals surface area (Å²) in [7, 11) is 0. The predicted molar refractivity (Wildman–Crippen MR) is 74.8 cm³/mol. The zero-order chi connectivity index (χ0) is 13.7. The predicted octanol–water partition coefficient (Wildman–Crippen LogP) is 3.39. The minimum absolute atomic E-state index is 0.238. The molecule has 1 heterocycles. The van der Waals surface area contributed by atoms with Crippen molar-refractivity contribution in [3.63, 3.8) is 0 Å². The summed E-state index contributed by atoms with van der Waals surface area (Å²) in [6, 6.07) is 10.4. The van der Waals surface area contributed by atoms with Gasteiger partial charge >= 0.3 is 0 Å². The van der Waals surface area contributed by atoms with Crippen LogP contribution in [0.5, 0.6) is 5.75 Å². The lowest BCUT2D eigenvalue weighted by Gasteiger charge is -2.07. The molecular weight excluding hydrogens is 264 g/mol. The SMILES string of the molecule is CCOc1cccc(NC(=O)c2ccc(Cl)nc2)c1. The molecule has 0 saturated carbocycles. The lowest BCUT2D eigenvalue weighted by molar-refractivity contribution is 0.102. The van der Waals surface area contributed by atoms with Gasteiger partial charge in [0, 0.05) is 18.0 Å². The largest absolute Gasteiger partial charge is 0.494 e. The molecular formula is C14H13ClN2O2. The number of anilines is 1. The first-order chi connectivity index (χ1) is 9.19. The fraction of sp³-hybridized carbons (Fsp3) is 0.143. The van der Waals surface area contributed by atoms with Crippen molar-refractivity contribution in [3.8, 4) is 5.75 Å². The molecule has 19 heavy (non-hydrogen) atoms. The van der Waals surface area contributed by atoms with E-state index in [9.17, 15) is 4.79 Å². The first-order valence-corrected chi connectivity index (χ1v) is 6.22. The van der Waals surface area contributed by atoms with Crippen molar-refractivity contribution >= 4 is 23.2 Å². The molecule has 0 spiro atoms. The van der Waals surface area contributed by atoms with Crippen LogP contribution in [0.25, 0.3) is 0 Å². The Morgan fingerprint density at radius 2 is 2.21 bits per heavy atom. The summed E-state index contributed by atoms with van der Waals surface area (Å²) in [6.45, 7) is 2.49. The summed E-state index contributed by atoms with van der Waals surface area (Å²) in [5.41, 5.74) is 1.12. The topological polar surface area (TPSA) is 51.2 Å². The number of rotatable bonds is 4. The highest BCUT2D eigenvalue weighted by Crippen LogP contribution is 2.18. The molecule has 0 unspecified atom stereocenters. The summed E-state index contributed by atoms with van der Waals surface area (Å²) < 4.78 is 5.37. The van der Waals surface area contributed by atoms with E-state index in [4.69, 9.17) is 16.3 Å². The molecule has 0 fully saturated rings. The molecule has 1 aromatic heterocycles. The van der Waals surface area contributed by atoms with Gasteiger partial charge in [-0.3, -0.25) is 4.79 Å². The molecule has 2 aromatic rings. The van der Waals surface area contributed by atoms with Gasteiger partial charge in [0.25, 0.3) is 5.91 Å². The third-order valence-electron chi connectivity index (χ3n) is 2.39. The number of benzene rings is 1. The summed E-state index contributed by atoms with van der Waals surface area (Å²) in [5, 5.41) is 3.13. The molecule has 1 amide bonds. The number of ether oxygens (including phenoxy) is 1. The third-order valence-corrected chi connectivity index (χ3v) is 2.62. The Hall–Kier alpha value is -2.07. The van der Waals surface area contributed by atoms with Gasteiger partial charge in [-0.25, -0.2) is 4.98 Å².